The van der Waals surface area contributed by atoms with E-state index in [0.29, 0.717) is 0 Å². The smallest absolute Gasteiger partial charge is 0.357 e. The highest BCUT2D eigenvalue weighted by molar-refractivity contribution is 9.08. The van der Waals surface area contributed by atoms with Crippen molar-refractivity contribution in [2.75, 3.05) is 6.61 Å². The van der Waals surface area contributed by atoms with Gasteiger partial charge in [0.1, 0.15) is 0 Å². The standard InChI is InChI=1S/C10H9BrF3NO2/c1-2-17-10(16)7-5(4-11)3-6(8(12)13)9(14)15-7/h3,8H,2,4H2,1H3. The number of hydrogen-bond acceptors (Lipinski definition) is 3. The van der Waals surface area contributed by atoms with E-state index in [0.717, 1.165) is 6.07 Å². The maximum absolute atomic E-state index is 13.2. The molecule has 0 atom stereocenters. The second-order valence-electron chi connectivity index (χ2n) is 3.03. The molecule has 17 heavy (non-hydrogen) atoms. The summed E-state index contributed by atoms with van der Waals surface area (Å²) >= 11 is 3.02. The van der Waals surface area contributed by atoms with E-state index < -0.39 is 23.9 Å². The quantitative estimate of drug-likeness (QED) is 0.487. The number of carbonyl (C=O) groups is 1. The Balaban J connectivity index is 3.23. The molecule has 0 aromatic carbocycles. The van der Waals surface area contributed by atoms with Gasteiger partial charge in [0.05, 0.1) is 12.2 Å². The monoisotopic (exact) mass is 311 g/mol. The lowest BCUT2D eigenvalue weighted by atomic mass is 10.1. The van der Waals surface area contributed by atoms with Crippen molar-refractivity contribution < 1.29 is 22.7 Å². The summed E-state index contributed by atoms with van der Waals surface area (Å²) in [6.45, 7) is 1.68. The Labute approximate surface area is 104 Å². The molecule has 1 aromatic heterocycles. The van der Waals surface area contributed by atoms with Crippen LogP contribution in [0.25, 0.3) is 0 Å². The summed E-state index contributed by atoms with van der Waals surface area (Å²) in [6.07, 6.45) is -2.98. The van der Waals surface area contributed by atoms with Crippen molar-refractivity contribution in [3.05, 3.63) is 28.8 Å². The number of hydrogen-bond donors (Lipinski definition) is 0. The van der Waals surface area contributed by atoms with Crippen LogP contribution in [0, 0.1) is 5.95 Å². The van der Waals surface area contributed by atoms with Gasteiger partial charge in [-0.2, -0.15) is 4.39 Å². The van der Waals surface area contributed by atoms with Crippen molar-refractivity contribution in [1.82, 2.24) is 4.98 Å². The highest BCUT2D eigenvalue weighted by atomic mass is 79.9. The van der Waals surface area contributed by atoms with Crippen LogP contribution in [0.5, 0.6) is 0 Å². The molecule has 0 aliphatic heterocycles. The van der Waals surface area contributed by atoms with Gasteiger partial charge in [0.25, 0.3) is 6.43 Å². The van der Waals surface area contributed by atoms with E-state index in [1.165, 1.54) is 0 Å². The zero-order chi connectivity index (χ0) is 13.0. The Morgan fingerprint density at radius 1 is 1.59 bits per heavy atom. The average molecular weight is 312 g/mol. The van der Waals surface area contributed by atoms with Crippen LogP contribution in [0.3, 0.4) is 0 Å². The topological polar surface area (TPSA) is 39.2 Å². The lowest BCUT2D eigenvalue weighted by Crippen LogP contribution is -2.13. The summed E-state index contributed by atoms with van der Waals surface area (Å²) in [6, 6.07) is 0.911. The molecule has 1 aromatic rings. The summed E-state index contributed by atoms with van der Waals surface area (Å²) < 4.78 is 42.7. The van der Waals surface area contributed by atoms with E-state index in [1.807, 2.05) is 0 Å². The Bertz CT molecular complexity index is 426. The van der Waals surface area contributed by atoms with Gasteiger partial charge in [0, 0.05) is 5.33 Å². The molecule has 0 unspecified atom stereocenters. The molecular formula is C10H9BrF3NO2. The predicted molar refractivity (Wildman–Crippen MR) is 57.7 cm³/mol. The molecule has 94 valence electrons. The molecule has 0 bridgehead atoms. The molecule has 1 heterocycles. The lowest BCUT2D eigenvalue weighted by Gasteiger charge is -2.09. The molecule has 0 N–H and O–H groups in total. The molecule has 0 amide bonds. The normalized spacial score (nSPS) is 10.7. The fourth-order valence-electron chi connectivity index (χ4n) is 1.18. The van der Waals surface area contributed by atoms with Gasteiger partial charge >= 0.3 is 5.97 Å². The van der Waals surface area contributed by atoms with Crippen LogP contribution in [0.4, 0.5) is 13.2 Å². The summed E-state index contributed by atoms with van der Waals surface area (Å²) in [4.78, 5) is 14.6. The van der Waals surface area contributed by atoms with Crippen LogP contribution in [0.2, 0.25) is 0 Å². The number of nitrogens with zero attached hydrogens (tertiary/aromatic N) is 1. The van der Waals surface area contributed by atoms with Gasteiger partial charge in [0.15, 0.2) is 5.69 Å². The number of rotatable bonds is 4. The van der Waals surface area contributed by atoms with Crippen LogP contribution >= 0.6 is 15.9 Å². The van der Waals surface area contributed by atoms with Gasteiger partial charge in [-0.15, -0.1) is 0 Å². The number of alkyl halides is 3. The van der Waals surface area contributed by atoms with Crippen LogP contribution in [0.1, 0.15) is 35.0 Å². The van der Waals surface area contributed by atoms with Crippen molar-refractivity contribution in [2.45, 2.75) is 18.7 Å². The SMILES string of the molecule is CCOC(=O)c1nc(F)c(C(F)F)cc1CBr. The summed E-state index contributed by atoms with van der Waals surface area (Å²) in [5.74, 6) is -2.19. The first kappa shape index (κ1) is 14.0. The van der Waals surface area contributed by atoms with Crippen molar-refractivity contribution >= 4 is 21.9 Å². The Morgan fingerprint density at radius 3 is 2.71 bits per heavy atom. The minimum atomic E-state index is -2.98. The molecule has 0 spiro atoms. The van der Waals surface area contributed by atoms with Crippen LogP contribution in [0.15, 0.2) is 6.07 Å². The van der Waals surface area contributed by atoms with Gasteiger partial charge in [-0.05, 0) is 18.6 Å². The first-order valence-electron chi connectivity index (χ1n) is 4.71. The third-order valence-electron chi connectivity index (χ3n) is 1.93. The Kier molecular flexibility index (Phi) is 4.92. The minimum absolute atomic E-state index is 0.0977. The molecule has 0 saturated carbocycles. The van der Waals surface area contributed by atoms with Gasteiger partial charge < -0.3 is 4.74 Å². The third kappa shape index (κ3) is 3.18. The fraction of sp³-hybridized carbons (Fsp3) is 0.400. The van der Waals surface area contributed by atoms with Gasteiger partial charge in [-0.1, -0.05) is 15.9 Å². The number of carbonyl (C=O) groups excluding carboxylic acids is 1. The molecular weight excluding hydrogens is 303 g/mol. The van der Waals surface area contributed by atoms with Gasteiger partial charge in [-0.25, -0.2) is 18.6 Å². The number of halogens is 4. The number of aromatic nitrogens is 1. The van der Waals surface area contributed by atoms with Crippen LogP contribution < -0.4 is 0 Å². The van der Waals surface area contributed by atoms with Crippen molar-refractivity contribution in [3.8, 4) is 0 Å². The van der Waals surface area contributed by atoms with E-state index in [9.17, 15) is 18.0 Å². The number of ether oxygens (including phenoxy) is 1. The first-order valence-corrected chi connectivity index (χ1v) is 5.83. The first-order chi connectivity index (χ1) is 8.01. The maximum Gasteiger partial charge on any atom is 0.357 e. The molecule has 0 aliphatic carbocycles. The predicted octanol–water partition coefficient (Wildman–Crippen LogP) is 3.23. The summed E-state index contributed by atoms with van der Waals surface area (Å²) in [7, 11) is 0. The lowest BCUT2D eigenvalue weighted by molar-refractivity contribution is 0.0516. The third-order valence-corrected chi connectivity index (χ3v) is 2.53. The number of esters is 1. The van der Waals surface area contributed by atoms with Gasteiger partial charge in [0.2, 0.25) is 5.95 Å². The van der Waals surface area contributed by atoms with E-state index >= 15 is 0 Å². The highest BCUT2D eigenvalue weighted by Crippen LogP contribution is 2.24. The van der Waals surface area contributed by atoms with Crippen molar-refractivity contribution in [3.63, 3.8) is 0 Å². The second-order valence-corrected chi connectivity index (χ2v) is 3.59. The number of pyridine rings is 1. The fourth-order valence-corrected chi connectivity index (χ4v) is 1.61. The molecule has 0 radical (unpaired) electrons. The van der Waals surface area contributed by atoms with E-state index in [1.54, 1.807) is 6.92 Å². The van der Waals surface area contributed by atoms with E-state index in [4.69, 9.17) is 0 Å². The largest absolute Gasteiger partial charge is 0.461 e. The zero-order valence-corrected chi connectivity index (χ0v) is 10.4. The molecule has 7 heteroatoms. The Hall–Kier alpha value is -1.11. The van der Waals surface area contributed by atoms with E-state index in [2.05, 4.69) is 25.7 Å². The zero-order valence-electron chi connectivity index (χ0n) is 8.84. The summed E-state index contributed by atoms with van der Waals surface area (Å²) in [5.41, 5.74) is -0.946. The molecule has 0 fully saturated rings. The van der Waals surface area contributed by atoms with Crippen molar-refractivity contribution in [2.24, 2.45) is 0 Å². The molecule has 1 rings (SSSR count). The second kappa shape index (κ2) is 6.00. The van der Waals surface area contributed by atoms with Crippen LogP contribution in [-0.2, 0) is 10.1 Å². The minimum Gasteiger partial charge on any atom is -0.461 e. The van der Waals surface area contributed by atoms with E-state index in [-0.39, 0.29) is 23.2 Å². The van der Waals surface area contributed by atoms with Gasteiger partial charge in [-0.3, -0.25) is 0 Å². The molecule has 0 aliphatic rings. The highest BCUT2D eigenvalue weighted by Gasteiger charge is 2.22. The summed E-state index contributed by atoms with van der Waals surface area (Å²) in [5, 5.41) is 0.105. The Morgan fingerprint density at radius 2 is 2.24 bits per heavy atom. The molecule has 0 saturated heterocycles. The van der Waals surface area contributed by atoms with Crippen molar-refractivity contribution in [1.29, 1.82) is 0 Å². The average Bonchev–Trinajstić information content (AvgIpc) is 2.28. The van der Waals surface area contributed by atoms with Crippen LogP contribution in [-0.4, -0.2) is 17.6 Å². The molecule has 3 nitrogen and oxygen atoms in total. The maximum atomic E-state index is 13.2.